The number of nitrogens with two attached hydrogens (primary N) is 1. The first kappa shape index (κ1) is 25.6. The summed E-state index contributed by atoms with van der Waals surface area (Å²) in [7, 11) is -4.11. The Morgan fingerprint density at radius 3 is 2.92 bits per heavy atom. The van der Waals surface area contributed by atoms with Gasteiger partial charge >= 0.3 is 10.3 Å². The summed E-state index contributed by atoms with van der Waals surface area (Å²) in [5.41, 5.74) is 3.69. The Bertz CT molecular complexity index is 1490. The van der Waals surface area contributed by atoms with Crippen LogP contribution >= 0.6 is 11.3 Å². The van der Waals surface area contributed by atoms with E-state index in [4.69, 9.17) is 9.88 Å². The summed E-state index contributed by atoms with van der Waals surface area (Å²) in [6.45, 7) is 2.32. The molecule has 0 fully saturated rings. The number of aromatic nitrogens is 2. The molecule has 0 saturated heterocycles. The lowest BCUT2D eigenvalue weighted by molar-refractivity contribution is 0.0697. The minimum absolute atomic E-state index is 0.0114. The van der Waals surface area contributed by atoms with Gasteiger partial charge in [0.2, 0.25) is 5.78 Å². The Balaban J connectivity index is 1.36. The summed E-state index contributed by atoms with van der Waals surface area (Å²) in [4.78, 5) is 23.2. The summed E-state index contributed by atoms with van der Waals surface area (Å²) in [6.07, 6.45) is 3.43. The highest BCUT2D eigenvalue weighted by molar-refractivity contribution is 7.84. The van der Waals surface area contributed by atoms with Crippen molar-refractivity contribution in [3.8, 4) is 0 Å². The van der Waals surface area contributed by atoms with Gasteiger partial charge in [-0.05, 0) is 48.4 Å². The smallest absolute Gasteiger partial charge is 0.333 e. The fraction of sp³-hybridized carbons (Fsp3) is 0.320. The lowest BCUT2D eigenvalue weighted by Gasteiger charge is -2.26. The number of hydrogen-bond acceptors (Lipinski definition) is 9. The molecule has 1 aliphatic heterocycles. The predicted octanol–water partition coefficient (Wildman–Crippen LogP) is 3.96. The third-order valence-electron chi connectivity index (χ3n) is 6.44. The van der Waals surface area contributed by atoms with Crippen molar-refractivity contribution >= 4 is 33.2 Å². The van der Waals surface area contributed by atoms with E-state index in [1.165, 1.54) is 29.4 Å². The summed E-state index contributed by atoms with van der Waals surface area (Å²) >= 11 is 1.36. The Labute approximate surface area is 217 Å². The first-order valence-electron chi connectivity index (χ1n) is 11.7. The zero-order chi connectivity index (χ0) is 26.2. The zero-order valence-corrected chi connectivity index (χ0v) is 21.6. The van der Waals surface area contributed by atoms with E-state index in [1.807, 2.05) is 25.1 Å². The van der Waals surface area contributed by atoms with Crippen LogP contribution in [0.25, 0.3) is 0 Å². The van der Waals surface area contributed by atoms with Gasteiger partial charge in [-0.3, -0.25) is 8.98 Å². The van der Waals surface area contributed by atoms with E-state index in [-0.39, 0.29) is 48.4 Å². The van der Waals surface area contributed by atoms with Crippen molar-refractivity contribution in [2.24, 2.45) is 11.1 Å². The summed E-state index contributed by atoms with van der Waals surface area (Å²) < 4.78 is 47.4. The number of rotatable bonds is 8. The molecule has 12 heteroatoms. The van der Waals surface area contributed by atoms with Gasteiger partial charge < -0.3 is 10.1 Å². The predicted molar refractivity (Wildman–Crippen MR) is 136 cm³/mol. The van der Waals surface area contributed by atoms with Crippen LogP contribution in [-0.4, -0.2) is 37.4 Å². The van der Waals surface area contributed by atoms with Crippen LogP contribution < -0.4 is 10.5 Å². The second-order valence-electron chi connectivity index (χ2n) is 9.00. The highest BCUT2D eigenvalue weighted by Gasteiger charge is 2.29. The lowest BCUT2D eigenvalue weighted by atomic mass is 9.93. The second kappa shape index (κ2) is 10.4. The van der Waals surface area contributed by atoms with E-state index in [9.17, 15) is 17.6 Å². The Morgan fingerprint density at radius 2 is 2.11 bits per heavy atom. The molecule has 0 radical (unpaired) electrons. The number of carbonyl (C=O) groups is 1. The summed E-state index contributed by atoms with van der Waals surface area (Å²) in [5.74, 6) is -0.991. The first-order chi connectivity index (χ1) is 17.7. The van der Waals surface area contributed by atoms with Crippen LogP contribution in [0.1, 0.15) is 55.7 Å². The molecule has 5 rings (SSSR count). The van der Waals surface area contributed by atoms with Gasteiger partial charge in [0.05, 0.1) is 23.7 Å². The van der Waals surface area contributed by atoms with Crippen molar-refractivity contribution in [3.05, 3.63) is 86.4 Å². The molecule has 0 amide bonds. The molecule has 1 unspecified atom stereocenters. The normalized spacial score (nSPS) is 19.6. The van der Waals surface area contributed by atoms with Crippen molar-refractivity contribution in [3.63, 3.8) is 0 Å². The number of nitrogens with zero attached hydrogens (tertiary/aromatic N) is 2. The number of nitrogens with one attached hydrogen (secondary N) is 1. The average Bonchev–Trinajstić information content (AvgIpc) is 3.43. The molecule has 194 valence electrons. The number of anilines is 1. The molecule has 3 aromatic rings. The van der Waals surface area contributed by atoms with E-state index in [0.29, 0.717) is 11.5 Å². The zero-order valence-electron chi connectivity index (χ0n) is 19.9. The van der Waals surface area contributed by atoms with Gasteiger partial charge in [0.15, 0.2) is 0 Å². The van der Waals surface area contributed by atoms with Crippen molar-refractivity contribution in [2.45, 2.75) is 32.3 Å². The molecular weight excluding hydrogens is 519 g/mol. The Morgan fingerprint density at radius 1 is 1.30 bits per heavy atom. The summed E-state index contributed by atoms with van der Waals surface area (Å²) in [5, 5.41) is 7.78. The highest BCUT2D eigenvalue weighted by atomic mass is 32.2. The standard InChI is InChI=1S/C25H25FN4O5S2/c1-14-18(24-17-5-3-2-4-16(17)6-7-34-24)10-22(36-14)23(31)19-11-28-13-29-25(19)30-21-9-15(8-20(21)26)12-35-37(27,32)33/h2-5,10-11,13,15,24H,6-9,12H2,1H3,(H2,27,32,33)(H,28,29,30)/t15-,24?/m1/s1. The molecule has 37 heavy (non-hydrogen) atoms. The van der Waals surface area contributed by atoms with E-state index < -0.39 is 22.0 Å². The van der Waals surface area contributed by atoms with Gasteiger partial charge in [0, 0.05) is 23.2 Å². The van der Waals surface area contributed by atoms with Crippen molar-refractivity contribution in [1.82, 2.24) is 9.97 Å². The third-order valence-corrected chi connectivity index (χ3v) is 7.97. The number of aryl methyl sites for hydroxylation is 1. The molecule has 3 N–H and O–H groups in total. The van der Waals surface area contributed by atoms with E-state index in [1.54, 1.807) is 0 Å². The number of hydrogen-bond donors (Lipinski definition) is 2. The molecule has 2 aromatic heterocycles. The molecule has 1 aromatic carbocycles. The molecule has 0 spiro atoms. The quantitative estimate of drug-likeness (QED) is 0.407. The topological polar surface area (TPSA) is 133 Å². The minimum Gasteiger partial charge on any atom is -0.368 e. The van der Waals surface area contributed by atoms with E-state index in [2.05, 4.69) is 31.6 Å². The van der Waals surface area contributed by atoms with Crippen LogP contribution in [0.15, 0.2) is 54.4 Å². The fourth-order valence-corrected chi connectivity index (χ4v) is 6.05. The van der Waals surface area contributed by atoms with Crippen LogP contribution in [-0.2, 0) is 25.6 Å². The number of allylic oxidation sites excluding steroid dienone is 2. The van der Waals surface area contributed by atoms with E-state index in [0.717, 1.165) is 22.4 Å². The Kier molecular flexibility index (Phi) is 7.19. The molecule has 2 atom stereocenters. The van der Waals surface area contributed by atoms with Gasteiger partial charge in [-0.1, -0.05) is 24.3 Å². The van der Waals surface area contributed by atoms with Gasteiger partial charge in [-0.2, -0.15) is 8.42 Å². The minimum atomic E-state index is -4.11. The molecular formula is C25H25FN4O5S2. The SMILES string of the molecule is Cc1sc(C(=O)c2cncnc2NC2=C(F)C[C@@H](COS(N)(=O)=O)C2)cc1C1OCCc2ccccc21. The average molecular weight is 545 g/mol. The number of carbonyl (C=O) groups excluding carboxylic acids is 1. The first-order valence-corrected chi connectivity index (χ1v) is 13.9. The summed E-state index contributed by atoms with van der Waals surface area (Å²) in [6, 6.07) is 9.99. The van der Waals surface area contributed by atoms with E-state index >= 15 is 0 Å². The second-order valence-corrected chi connectivity index (χ2v) is 11.5. The maximum atomic E-state index is 14.6. The number of halogens is 1. The highest BCUT2D eigenvalue weighted by Crippen LogP contribution is 2.39. The van der Waals surface area contributed by atoms with Crippen LogP contribution in [0.4, 0.5) is 10.2 Å². The Hall–Kier alpha value is -3.03. The molecule has 9 nitrogen and oxygen atoms in total. The molecule has 1 aliphatic carbocycles. The molecule has 0 saturated carbocycles. The molecule has 0 bridgehead atoms. The van der Waals surface area contributed by atoms with Gasteiger partial charge in [-0.15, -0.1) is 11.3 Å². The van der Waals surface area contributed by atoms with Gasteiger partial charge in [0.25, 0.3) is 0 Å². The van der Waals surface area contributed by atoms with Crippen molar-refractivity contribution < 1.29 is 26.5 Å². The number of fused-ring (bicyclic) bond motifs is 1. The number of ether oxygens (including phenoxy) is 1. The van der Waals surface area contributed by atoms with Crippen LogP contribution in [0.5, 0.6) is 0 Å². The fourth-order valence-electron chi connectivity index (χ4n) is 4.67. The third kappa shape index (κ3) is 5.63. The van der Waals surface area contributed by atoms with Crippen LogP contribution in [0.2, 0.25) is 0 Å². The maximum Gasteiger partial charge on any atom is 0.333 e. The number of thiophene rings is 1. The molecule has 2 aliphatic rings. The monoisotopic (exact) mass is 544 g/mol. The molecule has 3 heterocycles. The lowest BCUT2D eigenvalue weighted by Crippen LogP contribution is -2.20. The van der Waals surface area contributed by atoms with Gasteiger partial charge in [0.1, 0.15) is 24.1 Å². The maximum absolute atomic E-state index is 14.6. The van der Waals surface area contributed by atoms with Crippen molar-refractivity contribution in [2.75, 3.05) is 18.5 Å². The van der Waals surface area contributed by atoms with Crippen LogP contribution in [0, 0.1) is 12.8 Å². The number of benzene rings is 1. The van der Waals surface area contributed by atoms with Crippen molar-refractivity contribution in [1.29, 1.82) is 0 Å². The number of ketones is 1. The van der Waals surface area contributed by atoms with Gasteiger partial charge in [-0.25, -0.2) is 19.5 Å². The largest absolute Gasteiger partial charge is 0.368 e. The van der Waals surface area contributed by atoms with Crippen LogP contribution in [0.3, 0.4) is 0 Å².